The number of alkyl carbamates (subject to hydrolysis) is 1. The van der Waals surface area contributed by atoms with Crippen molar-refractivity contribution in [1.82, 2.24) is 37.0 Å². The average Bonchev–Trinajstić information content (AvgIpc) is 1.91. The average molecular weight is 1140 g/mol. The molecule has 7 rings (SSSR count). The lowest BCUT2D eigenvalue weighted by atomic mass is 9.46. The molecule has 1 unspecified atom stereocenters. The molecule has 444 valence electrons. The van der Waals surface area contributed by atoms with E-state index in [2.05, 4.69) is 50.9 Å². The highest BCUT2D eigenvalue weighted by atomic mass is 16.7. The van der Waals surface area contributed by atoms with Crippen LogP contribution < -0.4 is 43.2 Å². The number of nitrogens with zero attached hydrogens (tertiary/aromatic N) is 1. The minimum atomic E-state index is -1.53. The number of allylic oxidation sites excluding steroid dienone is 4. The van der Waals surface area contributed by atoms with Crippen molar-refractivity contribution >= 4 is 70.9 Å². The first-order chi connectivity index (χ1) is 39.0. The Kier molecular flexibility index (Phi) is 20.3. The van der Waals surface area contributed by atoms with E-state index in [1.54, 1.807) is 24.3 Å². The van der Waals surface area contributed by atoms with E-state index in [9.17, 15) is 57.8 Å². The van der Waals surface area contributed by atoms with Gasteiger partial charge in [0.25, 0.3) is 17.7 Å². The summed E-state index contributed by atoms with van der Waals surface area (Å²) in [6, 6.07) is 2.98. The third-order valence-corrected chi connectivity index (χ3v) is 16.7. The number of rotatable bonds is 25. The fourth-order valence-electron chi connectivity index (χ4n) is 12.8. The molecule has 25 nitrogen and oxygen atoms in total. The summed E-state index contributed by atoms with van der Waals surface area (Å²) in [5, 5.41) is 24.7. The van der Waals surface area contributed by atoms with Gasteiger partial charge < -0.3 is 56.4 Å². The number of hydrazine groups is 1. The number of unbranched alkanes of at least 4 members (excludes halogenated alkanes) is 2. The molecule has 2 aliphatic heterocycles. The lowest BCUT2D eigenvalue weighted by molar-refractivity contribution is -0.200. The second-order valence-electron chi connectivity index (χ2n) is 22.2. The number of anilines is 1. The Bertz CT molecular complexity index is 2770. The zero-order valence-electron chi connectivity index (χ0n) is 46.6. The molecule has 11 atom stereocenters. The number of Topliss-reactive ketones (excluding diaryl/α,β-unsaturated/α-hetero) is 1. The predicted octanol–water partition coefficient (Wildman–Crippen LogP) is 2.83. The van der Waals surface area contributed by atoms with Crippen LogP contribution in [0.5, 0.6) is 0 Å². The van der Waals surface area contributed by atoms with Gasteiger partial charge in [0.1, 0.15) is 25.2 Å². The number of nitrogens with one attached hydrogen (secondary N) is 7. The molecule has 10 amide bonds. The monoisotopic (exact) mass is 1140 g/mol. The van der Waals surface area contributed by atoms with Gasteiger partial charge >= 0.3 is 18.2 Å². The van der Waals surface area contributed by atoms with Crippen molar-refractivity contribution < 1.29 is 76.8 Å². The lowest BCUT2D eigenvalue weighted by Crippen LogP contribution is -2.63. The van der Waals surface area contributed by atoms with E-state index in [1.807, 2.05) is 19.9 Å². The van der Waals surface area contributed by atoms with Crippen LogP contribution in [-0.2, 0) is 63.9 Å². The van der Waals surface area contributed by atoms with Crippen molar-refractivity contribution in [3.05, 3.63) is 77.9 Å². The first-order valence-electron chi connectivity index (χ1n) is 27.8. The molecule has 0 spiro atoms. The zero-order valence-corrected chi connectivity index (χ0v) is 46.6. The SMILES string of the molecule is C=C(C)[C@H](NC(=O)CCCCCN1C(=O)C=CC1=O)C(=O)N[C@@H](CCCNC(N)=O)C(=O)Nc1ccc(COC(=O)NNC(=O)CNC(=O)OCC(=O)[C@@]23OC(CCC)O[C@@H]2C[C@H]2[C@@H]4CCC5=CC(=O)C=C[C@]5(C)[C@H]4[C@@H](O)C[C@@]23C)cc1. The number of imide groups is 1. The summed E-state index contributed by atoms with van der Waals surface area (Å²) in [7, 11) is 0. The summed E-state index contributed by atoms with van der Waals surface area (Å²) >= 11 is 0. The molecule has 4 aliphatic carbocycles. The number of urea groups is 1. The maximum Gasteiger partial charge on any atom is 0.426 e. The number of benzene rings is 1. The fourth-order valence-corrected chi connectivity index (χ4v) is 12.8. The Hall–Kier alpha value is -7.77. The molecular formula is C57H75N9O16. The van der Waals surface area contributed by atoms with Crippen LogP contribution >= 0.6 is 0 Å². The molecule has 10 N–H and O–H groups in total. The van der Waals surface area contributed by atoms with E-state index < -0.39 is 108 Å². The highest BCUT2D eigenvalue weighted by Crippen LogP contribution is 2.69. The van der Waals surface area contributed by atoms with Gasteiger partial charge in [-0.2, -0.15) is 0 Å². The van der Waals surface area contributed by atoms with Crippen LogP contribution in [0.15, 0.2) is 72.4 Å². The Labute approximate surface area is 474 Å². The minimum Gasteiger partial charge on any atom is -0.443 e. The molecule has 2 heterocycles. The number of aliphatic hydroxyl groups excluding tert-OH is 1. The molecule has 25 heteroatoms. The molecular weight excluding hydrogens is 1070 g/mol. The van der Waals surface area contributed by atoms with Crippen LogP contribution in [0.2, 0.25) is 0 Å². The number of nitrogens with two attached hydrogens (primary N) is 1. The van der Waals surface area contributed by atoms with Crippen molar-refractivity contribution in [2.75, 3.05) is 31.6 Å². The number of hydrogen-bond acceptors (Lipinski definition) is 16. The number of ether oxygens (including phenoxy) is 4. The predicted molar refractivity (Wildman–Crippen MR) is 291 cm³/mol. The van der Waals surface area contributed by atoms with E-state index in [-0.39, 0.29) is 80.7 Å². The van der Waals surface area contributed by atoms with Gasteiger partial charge in [-0.15, -0.1) is 0 Å². The zero-order chi connectivity index (χ0) is 59.5. The van der Waals surface area contributed by atoms with Gasteiger partial charge in [0.15, 0.2) is 24.3 Å². The summed E-state index contributed by atoms with van der Waals surface area (Å²) in [5.74, 6) is -4.32. The van der Waals surface area contributed by atoms with Crippen molar-refractivity contribution in [3.8, 4) is 0 Å². The highest BCUT2D eigenvalue weighted by molar-refractivity contribution is 6.12. The Morgan fingerprint density at radius 1 is 0.890 bits per heavy atom. The first-order valence-corrected chi connectivity index (χ1v) is 27.8. The largest absolute Gasteiger partial charge is 0.443 e. The van der Waals surface area contributed by atoms with Crippen LogP contribution in [0.3, 0.4) is 0 Å². The number of fused-ring (bicyclic) bond motifs is 7. The molecule has 0 aromatic heterocycles. The Morgan fingerprint density at radius 3 is 2.32 bits per heavy atom. The summed E-state index contributed by atoms with van der Waals surface area (Å²) in [6.45, 7) is 10.0. The van der Waals surface area contributed by atoms with Crippen molar-refractivity contribution in [3.63, 3.8) is 0 Å². The molecule has 1 saturated heterocycles. The lowest BCUT2D eigenvalue weighted by Gasteiger charge is -2.59. The normalized spacial score (nSPS) is 27.3. The number of aliphatic hydroxyl groups is 1. The molecule has 0 bridgehead atoms. The minimum absolute atomic E-state index is 0.0120. The van der Waals surface area contributed by atoms with Crippen LogP contribution in [0.1, 0.15) is 110 Å². The van der Waals surface area contributed by atoms with Crippen molar-refractivity contribution in [2.24, 2.45) is 34.3 Å². The number of hydrogen-bond donors (Lipinski definition) is 9. The standard InChI is InChI=1S/C57H75N9O16/c1-6-11-47-81-42-27-38-37-19-16-34-26-36(67)22-23-55(34,4)48(37)40(68)28-56(38,5)57(42,82-47)41(69)31-80-53(77)60-29-44(71)64-65-54(78)79-30-33-14-17-35(18-15-33)61-50(74)39(12-10-24-59-52(58)76)62-51(75)49(32(2)3)63-43(70)13-8-7-9-25-66-45(72)20-21-46(66)73/h14-15,17-18,20-23,26,37-40,42,47-49,68H,2,6-13,16,19,24-25,27-31H2,1,3-5H3,(H,60,77)(H,61,74)(H,62,75)(H,63,70)(H,64,71)(H,65,78)(H3,58,59,76)/t37-,38-,39-,40-,42+,47?,48+,49-,55-,56-,57+/m0/s1. The number of carbonyl (C=O) groups excluding carboxylic acids is 11. The maximum absolute atomic E-state index is 14.5. The van der Waals surface area contributed by atoms with Gasteiger partial charge in [-0.25, -0.2) is 19.8 Å². The number of carbonyl (C=O) groups is 11. The van der Waals surface area contributed by atoms with Crippen molar-refractivity contribution in [2.45, 2.75) is 148 Å². The number of amides is 10. The Morgan fingerprint density at radius 2 is 1.62 bits per heavy atom. The molecule has 6 aliphatic rings. The summed E-state index contributed by atoms with van der Waals surface area (Å²) in [4.78, 5) is 141. The van der Waals surface area contributed by atoms with Crippen molar-refractivity contribution in [1.29, 1.82) is 0 Å². The molecule has 1 aromatic rings. The van der Waals surface area contributed by atoms with Gasteiger partial charge in [0.2, 0.25) is 23.5 Å². The van der Waals surface area contributed by atoms with E-state index in [4.69, 9.17) is 24.7 Å². The van der Waals surface area contributed by atoms with E-state index in [1.165, 1.54) is 31.2 Å². The summed E-state index contributed by atoms with van der Waals surface area (Å²) in [5.41, 5.74) is 8.47. The van der Waals surface area contributed by atoms with Gasteiger partial charge in [-0.3, -0.25) is 48.7 Å². The summed E-state index contributed by atoms with van der Waals surface area (Å²) < 4.78 is 23.6. The number of primary amides is 1. The fraction of sp³-hybridized carbons (Fsp3) is 0.561. The molecule has 82 heavy (non-hydrogen) atoms. The second kappa shape index (κ2) is 26.9. The van der Waals surface area contributed by atoms with Crippen LogP contribution in [0.25, 0.3) is 0 Å². The van der Waals surface area contributed by atoms with Crippen LogP contribution in [0, 0.1) is 28.6 Å². The highest BCUT2D eigenvalue weighted by Gasteiger charge is 2.76. The topological polar surface area (TPSA) is 358 Å². The van der Waals surface area contributed by atoms with Crippen LogP contribution in [-0.4, -0.2) is 138 Å². The second-order valence-corrected chi connectivity index (χ2v) is 22.2. The van der Waals surface area contributed by atoms with Gasteiger partial charge in [-0.1, -0.05) is 64.0 Å². The quantitative estimate of drug-likeness (QED) is 0.0294. The van der Waals surface area contributed by atoms with E-state index >= 15 is 0 Å². The van der Waals surface area contributed by atoms with E-state index in [0.717, 1.165) is 16.9 Å². The molecule has 1 aromatic carbocycles. The third kappa shape index (κ3) is 14.1. The Balaban J connectivity index is 0.834. The summed E-state index contributed by atoms with van der Waals surface area (Å²) in [6.07, 6.45) is 8.36. The van der Waals surface area contributed by atoms with E-state index in [0.29, 0.717) is 61.8 Å². The smallest absolute Gasteiger partial charge is 0.426 e. The van der Waals surface area contributed by atoms with Crippen LogP contribution in [0.4, 0.5) is 20.1 Å². The first kappa shape index (κ1) is 61.8. The molecule has 0 radical (unpaired) electrons. The molecule has 4 fully saturated rings. The number of ketones is 2. The van der Waals surface area contributed by atoms with Gasteiger partial charge in [0, 0.05) is 54.1 Å². The van der Waals surface area contributed by atoms with Gasteiger partial charge in [-0.05, 0) is 112 Å². The van der Waals surface area contributed by atoms with Gasteiger partial charge in [0.05, 0.1) is 12.2 Å². The maximum atomic E-state index is 14.5. The third-order valence-electron chi connectivity index (χ3n) is 16.7. The molecule has 3 saturated carbocycles.